The van der Waals surface area contributed by atoms with Gasteiger partial charge in [-0.25, -0.2) is 9.69 Å². The smallest absolute Gasteiger partial charge is 0.334 e. The number of hydrogen-bond donors (Lipinski definition) is 1. The van der Waals surface area contributed by atoms with Crippen LogP contribution in [0.4, 0.5) is 4.79 Å². The van der Waals surface area contributed by atoms with Crippen molar-refractivity contribution in [3.05, 3.63) is 35.4 Å². The van der Waals surface area contributed by atoms with Gasteiger partial charge in [-0.3, -0.25) is 19.3 Å². The summed E-state index contributed by atoms with van der Waals surface area (Å²) in [6, 6.07) is 6.70. The first kappa shape index (κ1) is 19.1. The zero-order valence-corrected chi connectivity index (χ0v) is 15.7. The van der Waals surface area contributed by atoms with Crippen molar-refractivity contribution in [3.8, 4) is 0 Å². The van der Waals surface area contributed by atoms with Gasteiger partial charge in [0.05, 0.1) is 0 Å². The first-order chi connectivity index (χ1) is 12.9. The molecule has 1 aromatic carbocycles. The van der Waals surface area contributed by atoms with E-state index in [1.807, 2.05) is 38.1 Å². The van der Waals surface area contributed by atoms with Crippen molar-refractivity contribution < 1.29 is 19.2 Å². The number of carbonyl (C=O) groups excluding carboxylic acids is 4. The van der Waals surface area contributed by atoms with Gasteiger partial charge in [0, 0.05) is 12.6 Å². The Labute approximate surface area is 158 Å². The number of benzene rings is 1. The molecule has 0 aromatic heterocycles. The summed E-state index contributed by atoms with van der Waals surface area (Å²) in [5.41, 5.74) is 2.00. The summed E-state index contributed by atoms with van der Waals surface area (Å²) in [4.78, 5) is 51.4. The Morgan fingerprint density at radius 1 is 1.11 bits per heavy atom. The number of urea groups is 1. The SMILES string of the molecule is Cc1ccccc1CNC(=O)CN1C(=O)C(=O)N([C@@H]2CCCC[C@@H]2C)C1=O. The molecule has 1 N–H and O–H groups in total. The molecule has 7 nitrogen and oxygen atoms in total. The lowest BCUT2D eigenvalue weighted by molar-refractivity contribution is -0.145. The van der Waals surface area contributed by atoms with Crippen molar-refractivity contribution in [2.75, 3.05) is 6.54 Å². The van der Waals surface area contributed by atoms with Gasteiger partial charge in [-0.15, -0.1) is 0 Å². The molecule has 2 aliphatic rings. The minimum atomic E-state index is -0.913. The summed E-state index contributed by atoms with van der Waals surface area (Å²) < 4.78 is 0. The monoisotopic (exact) mass is 371 g/mol. The third-order valence-corrected chi connectivity index (χ3v) is 5.52. The number of nitrogens with one attached hydrogen (secondary N) is 1. The second-order valence-corrected chi connectivity index (χ2v) is 7.38. The number of amides is 5. The fraction of sp³-hybridized carbons (Fsp3) is 0.500. The van der Waals surface area contributed by atoms with Gasteiger partial charge in [0.25, 0.3) is 0 Å². The first-order valence-corrected chi connectivity index (χ1v) is 9.40. The first-order valence-electron chi connectivity index (χ1n) is 9.40. The maximum atomic E-state index is 12.7. The van der Waals surface area contributed by atoms with E-state index in [1.54, 1.807) is 0 Å². The van der Waals surface area contributed by atoms with Crippen LogP contribution in [0.15, 0.2) is 24.3 Å². The second-order valence-electron chi connectivity index (χ2n) is 7.38. The molecule has 27 heavy (non-hydrogen) atoms. The van der Waals surface area contributed by atoms with Gasteiger partial charge >= 0.3 is 17.8 Å². The van der Waals surface area contributed by atoms with E-state index in [2.05, 4.69) is 5.32 Å². The molecule has 1 aliphatic heterocycles. The lowest BCUT2D eigenvalue weighted by Gasteiger charge is -2.34. The van der Waals surface area contributed by atoms with Gasteiger partial charge < -0.3 is 5.32 Å². The number of imide groups is 2. The molecule has 5 amide bonds. The predicted molar refractivity (Wildman–Crippen MR) is 98.4 cm³/mol. The normalized spacial score (nSPS) is 23.1. The lowest BCUT2D eigenvalue weighted by Crippen LogP contribution is -2.47. The summed E-state index contributed by atoms with van der Waals surface area (Å²) in [7, 11) is 0. The zero-order chi connectivity index (χ0) is 19.6. The minimum Gasteiger partial charge on any atom is -0.350 e. The molecule has 1 saturated heterocycles. The van der Waals surface area contributed by atoms with Crippen LogP contribution in [0.5, 0.6) is 0 Å². The average Bonchev–Trinajstić information content (AvgIpc) is 2.85. The molecule has 2 fully saturated rings. The zero-order valence-electron chi connectivity index (χ0n) is 15.7. The highest BCUT2D eigenvalue weighted by Crippen LogP contribution is 2.31. The third kappa shape index (κ3) is 3.86. The molecule has 0 unspecified atom stereocenters. The van der Waals surface area contributed by atoms with Crippen LogP contribution in [0.3, 0.4) is 0 Å². The average molecular weight is 371 g/mol. The molecule has 1 heterocycles. The van der Waals surface area contributed by atoms with E-state index in [-0.39, 0.29) is 12.0 Å². The van der Waals surface area contributed by atoms with Gasteiger partial charge in [0.2, 0.25) is 5.91 Å². The molecule has 7 heteroatoms. The van der Waals surface area contributed by atoms with Crippen molar-refractivity contribution in [1.82, 2.24) is 15.1 Å². The summed E-state index contributed by atoms with van der Waals surface area (Å²) >= 11 is 0. The predicted octanol–water partition coefficient (Wildman–Crippen LogP) is 1.98. The van der Waals surface area contributed by atoms with Crippen molar-refractivity contribution in [3.63, 3.8) is 0 Å². The topological polar surface area (TPSA) is 86.8 Å². The highest BCUT2D eigenvalue weighted by atomic mass is 16.2. The number of hydrogen-bond acceptors (Lipinski definition) is 4. The lowest BCUT2D eigenvalue weighted by atomic mass is 9.85. The summed E-state index contributed by atoms with van der Waals surface area (Å²) in [6.07, 6.45) is 3.62. The second kappa shape index (κ2) is 7.90. The third-order valence-electron chi connectivity index (χ3n) is 5.52. The molecule has 2 atom stereocenters. The van der Waals surface area contributed by atoms with Crippen LogP contribution in [0.2, 0.25) is 0 Å². The molecule has 3 rings (SSSR count). The van der Waals surface area contributed by atoms with Crippen LogP contribution in [-0.2, 0) is 20.9 Å². The molecule has 0 spiro atoms. The van der Waals surface area contributed by atoms with Gasteiger partial charge in [0.15, 0.2) is 0 Å². The van der Waals surface area contributed by atoms with Crippen molar-refractivity contribution in [2.45, 2.75) is 52.1 Å². The van der Waals surface area contributed by atoms with Crippen LogP contribution in [0, 0.1) is 12.8 Å². The van der Waals surface area contributed by atoms with Crippen LogP contribution < -0.4 is 5.32 Å². The van der Waals surface area contributed by atoms with E-state index >= 15 is 0 Å². The Morgan fingerprint density at radius 2 is 1.81 bits per heavy atom. The fourth-order valence-electron chi connectivity index (χ4n) is 3.84. The van der Waals surface area contributed by atoms with Gasteiger partial charge in [-0.2, -0.15) is 0 Å². The molecule has 0 radical (unpaired) electrons. The van der Waals surface area contributed by atoms with E-state index in [1.165, 1.54) is 0 Å². The Balaban J connectivity index is 1.63. The van der Waals surface area contributed by atoms with E-state index in [0.29, 0.717) is 13.0 Å². The van der Waals surface area contributed by atoms with Crippen LogP contribution in [-0.4, -0.2) is 46.1 Å². The Hall–Kier alpha value is -2.70. The molecular formula is C20H25N3O4. The van der Waals surface area contributed by atoms with Gasteiger partial charge in [-0.05, 0) is 36.8 Å². The molecule has 1 saturated carbocycles. The quantitative estimate of drug-likeness (QED) is 0.633. The van der Waals surface area contributed by atoms with E-state index < -0.39 is 30.3 Å². The van der Waals surface area contributed by atoms with Crippen LogP contribution >= 0.6 is 0 Å². The number of carbonyl (C=O) groups is 4. The summed E-state index contributed by atoms with van der Waals surface area (Å²) in [6.45, 7) is 3.80. The Morgan fingerprint density at radius 3 is 2.52 bits per heavy atom. The molecule has 1 aliphatic carbocycles. The highest BCUT2D eigenvalue weighted by Gasteiger charge is 2.49. The van der Waals surface area contributed by atoms with Crippen molar-refractivity contribution in [2.24, 2.45) is 5.92 Å². The summed E-state index contributed by atoms with van der Waals surface area (Å²) in [5.74, 6) is -2.03. The summed E-state index contributed by atoms with van der Waals surface area (Å²) in [5, 5.41) is 2.71. The van der Waals surface area contributed by atoms with Crippen LogP contribution in [0.25, 0.3) is 0 Å². The van der Waals surface area contributed by atoms with Gasteiger partial charge in [0.1, 0.15) is 6.54 Å². The molecule has 1 aromatic rings. The van der Waals surface area contributed by atoms with Gasteiger partial charge in [-0.1, -0.05) is 44.0 Å². The number of nitrogens with zero attached hydrogens (tertiary/aromatic N) is 2. The number of aryl methyl sites for hydroxylation is 1. The van der Waals surface area contributed by atoms with E-state index in [0.717, 1.165) is 40.2 Å². The maximum absolute atomic E-state index is 12.7. The maximum Gasteiger partial charge on any atom is 0.334 e. The standard InChI is InChI=1S/C20H25N3O4/c1-13-7-3-5-9-15(13)11-21-17(24)12-22-18(25)19(26)23(20(22)27)16-10-6-4-8-14(16)2/h3,5,7,9,14,16H,4,6,8,10-12H2,1-2H3,(H,21,24)/t14-,16+/m0/s1. The molecule has 144 valence electrons. The van der Waals surface area contributed by atoms with E-state index in [4.69, 9.17) is 0 Å². The highest BCUT2D eigenvalue weighted by molar-refractivity contribution is 6.45. The van der Waals surface area contributed by atoms with Crippen LogP contribution in [0.1, 0.15) is 43.7 Å². The number of rotatable bonds is 5. The van der Waals surface area contributed by atoms with Crippen molar-refractivity contribution >= 4 is 23.8 Å². The molecule has 0 bridgehead atoms. The minimum absolute atomic E-state index is 0.161. The Kier molecular flexibility index (Phi) is 5.58. The molecular weight excluding hydrogens is 346 g/mol. The largest absolute Gasteiger partial charge is 0.350 e. The van der Waals surface area contributed by atoms with Crippen molar-refractivity contribution in [1.29, 1.82) is 0 Å². The fourth-order valence-corrected chi connectivity index (χ4v) is 3.84. The Bertz CT molecular complexity index is 776. The van der Waals surface area contributed by atoms with E-state index in [9.17, 15) is 19.2 Å².